The lowest BCUT2D eigenvalue weighted by Gasteiger charge is -2.18. The minimum Gasteiger partial charge on any atom is -0.486 e. The Morgan fingerprint density at radius 1 is 1.00 bits per heavy atom. The number of ether oxygens (including phenoxy) is 2. The maximum atomic E-state index is 13.2. The third-order valence-electron chi connectivity index (χ3n) is 4.21. The molecular formula is C20H15FO5. The van der Waals surface area contributed by atoms with Gasteiger partial charge < -0.3 is 13.9 Å². The number of carbonyl (C=O) groups is 1. The number of halogens is 1. The average molecular weight is 354 g/mol. The van der Waals surface area contributed by atoms with Crippen molar-refractivity contribution in [3.8, 4) is 11.5 Å². The summed E-state index contributed by atoms with van der Waals surface area (Å²) >= 11 is 0. The molecule has 2 heterocycles. The molecule has 4 rings (SSSR count). The molecule has 132 valence electrons. The lowest BCUT2D eigenvalue weighted by Crippen LogP contribution is -2.15. The second-order valence-electron chi connectivity index (χ2n) is 6.02. The molecule has 6 heteroatoms. The summed E-state index contributed by atoms with van der Waals surface area (Å²) in [5.41, 5.74) is 0.683. The Morgan fingerprint density at radius 3 is 2.65 bits per heavy atom. The Hall–Kier alpha value is -3.15. The van der Waals surface area contributed by atoms with Crippen molar-refractivity contribution >= 4 is 16.8 Å². The Balaban J connectivity index is 1.52. The van der Waals surface area contributed by atoms with Crippen LogP contribution in [0.1, 0.15) is 22.5 Å². The van der Waals surface area contributed by atoms with Crippen molar-refractivity contribution in [2.75, 3.05) is 13.2 Å². The van der Waals surface area contributed by atoms with Crippen molar-refractivity contribution in [2.24, 2.45) is 0 Å². The van der Waals surface area contributed by atoms with Crippen molar-refractivity contribution in [2.45, 2.75) is 12.8 Å². The summed E-state index contributed by atoms with van der Waals surface area (Å²) in [5, 5.41) is 0.119. The molecule has 0 N–H and O–H groups in total. The van der Waals surface area contributed by atoms with Crippen molar-refractivity contribution in [3.63, 3.8) is 0 Å². The van der Waals surface area contributed by atoms with Crippen LogP contribution in [0.4, 0.5) is 4.39 Å². The van der Waals surface area contributed by atoms with E-state index in [1.165, 1.54) is 12.1 Å². The summed E-state index contributed by atoms with van der Waals surface area (Å²) in [6.45, 7) is 1.02. The number of Topliss-reactive ketones (excluding diaryl/α,β-unsaturated/α-hetero) is 1. The second kappa shape index (κ2) is 6.63. The van der Waals surface area contributed by atoms with Gasteiger partial charge in [0.2, 0.25) is 0 Å². The molecule has 0 unspecified atom stereocenters. The molecular weight excluding hydrogens is 339 g/mol. The number of hydrogen-bond donors (Lipinski definition) is 0. The van der Waals surface area contributed by atoms with Crippen LogP contribution in [0.25, 0.3) is 11.0 Å². The van der Waals surface area contributed by atoms with E-state index in [4.69, 9.17) is 13.9 Å². The molecule has 0 bridgehead atoms. The molecule has 0 spiro atoms. The predicted molar refractivity (Wildman–Crippen MR) is 92.5 cm³/mol. The molecule has 26 heavy (non-hydrogen) atoms. The Bertz CT molecular complexity index is 1050. The molecule has 1 aliphatic rings. The van der Waals surface area contributed by atoms with Gasteiger partial charge in [0.25, 0.3) is 0 Å². The third kappa shape index (κ3) is 3.18. The van der Waals surface area contributed by atoms with Crippen molar-refractivity contribution < 1.29 is 23.1 Å². The molecule has 3 aromatic rings. The van der Waals surface area contributed by atoms with E-state index < -0.39 is 11.2 Å². The molecule has 2 aromatic carbocycles. The first-order valence-electron chi connectivity index (χ1n) is 8.25. The second-order valence-corrected chi connectivity index (χ2v) is 6.02. The molecule has 0 radical (unpaired) electrons. The van der Waals surface area contributed by atoms with Crippen LogP contribution in [-0.2, 0) is 6.42 Å². The van der Waals surface area contributed by atoms with Gasteiger partial charge in [0.15, 0.2) is 28.5 Å². The van der Waals surface area contributed by atoms with Gasteiger partial charge in [0, 0.05) is 12.5 Å². The van der Waals surface area contributed by atoms with Crippen LogP contribution in [-0.4, -0.2) is 19.0 Å². The van der Waals surface area contributed by atoms with Crippen molar-refractivity contribution in [1.29, 1.82) is 0 Å². The van der Waals surface area contributed by atoms with Gasteiger partial charge in [-0.25, -0.2) is 4.39 Å². The quantitative estimate of drug-likeness (QED) is 0.671. The van der Waals surface area contributed by atoms with E-state index in [0.29, 0.717) is 31.1 Å². The Morgan fingerprint density at radius 2 is 1.81 bits per heavy atom. The first-order valence-corrected chi connectivity index (χ1v) is 8.25. The highest BCUT2D eigenvalue weighted by molar-refractivity contribution is 5.95. The van der Waals surface area contributed by atoms with Crippen LogP contribution >= 0.6 is 0 Å². The monoisotopic (exact) mass is 354 g/mol. The zero-order valence-corrected chi connectivity index (χ0v) is 13.8. The number of carbonyl (C=O) groups excluding carboxylic acids is 1. The molecule has 0 aliphatic carbocycles. The van der Waals surface area contributed by atoms with Crippen molar-refractivity contribution in [3.05, 3.63) is 69.8 Å². The molecule has 0 saturated heterocycles. The van der Waals surface area contributed by atoms with Crippen LogP contribution < -0.4 is 14.9 Å². The number of rotatable bonds is 4. The van der Waals surface area contributed by atoms with Gasteiger partial charge in [0.05, 0.1) is 5.39 Å². The predicted octanol–water partition coefficient (Wildman–Crippen LogP) is 3.52. The standard InChI is InChI=1S/C20H15FO5/c21-13-3-6-17-14(10-13)16(23)11-19(26-17)15(22)4-1-12-2-5-18-20(9-12)25-8-7-24-18/h2-3,5-6,9-11H,1,4,7-8H2. The third-order valence-corrected chi connectivity index (χ3v) is 4.21. The van der Waals surface area contributed by atoms with Crippen molar-refractivity contribution in [1.82, 2.24) is 0 Å². The summed E-state index contributed by atoms with van der Waals surface area (Å²) in [6.07, 6.45) is 0.649. The van der Waals surface area contributed by atoms with Gasteiger partial charge >= 0.3 is 0 Å². The van der Waals surface area contributed by atoms with E-state index in [9.17, 15) is 14.0 Å². The summed E-state index contributed by atoms with van der Waals surface area (Å²) < 4.78 is 29.7. The van der Waals surface area contributed by atoms with E-state index in [2.05, 4.69) is 0 Å². The largest absolute Gasteiger partial charge is 0.486 e. The van der Waals surface area contributed by atoms with Crippen LogP contribution in [0.15, 0.2) is 51.7 Å². The minimum absolute atomic E-state index is 0.0216. The number of benzene rings is 2. The molecule has 1 aliphatic heterocycles. The zero-order chi connectivity index (χ0) is 18.1. The Kier molecular flexibility index (Phi) is 4.16. The highest BCUT2D eigenvalue weighted by Crippen LogP contribution is 2.31. The number of aryl methyl sites for hydroxylation is 1. The van der Waals surface area contributed by atoms with Gasteiger partial charge in [-0.05, 0) is 42.3 Å². The van der Waals surface area contributed by atoms with E-state index in [1.807, 2.05) is 18.2 Å². The van der Waals surface area contributed by atoms with Gasteiger partial charge in [-0.15, -0.1) is 0 Å². The zero-order valence-electron chi connectivity index (χ0n) is 13.8. The first-order chi connectivity index (χ1) is 12.6. The van der Waals surface area contributed by atoms with Crippen LogP contribution in [0, 0.1) is 5.82 Å². The highest BCUT2D eigenvalue weighted by Gasteiger charge is 2.15. The SMILES string of the molecule is O=C(CCc1ccc2c(c1)OCCO2)c1cc(=O)c2cc(F)ccc2o1. The first kappa shape index (κ1) is 16.3. The summed E-state index contributed by atoms with van der Waals surface area (Å²) in [6, 6.07) is 10.3. The number of fused-ring (bicyclic) bond motifs is 2. The number of ketones is 1. The summed E-state index contributed by atoms with van der Waals surface area (Å²) in [4.78, 5) is 24.5. The lowest BCUT2D eigenvalue weighted by atomic mass is 10.1. The summed E-state index contributed by atoms with van der Waals surface area (Å²) in [7, 11) is 0. The molecule has 0 atom stereocenters. The average Bonchev–Trinajstić information content (AvgIpc) is 2.66. The lowest BCUT2D eigenvalue weighted by molar-refractivity contribution is 0.0956. The molecule has 0 fully saturated rings. The Labute approximate surface area is 148 Å². The normalized spacial score (nSPS) is 13.0. The number of hydrogen-bond acceptors (Lipinski definition) is 5. The highest BCUT2D eigenvalue weighted by atomic mass is 19.1. The topological polar surface area (TPSA) is 65.7 Å². The van der Waals surface area contributed by atoms with Gasteiger partial charge in [-0.1, -0.05) is 6.07 Å². The maximum absolute atomic E-state index is 13.2. The fourth-order valence-corrected chi connectivity index (χ4v) is 2.89. The molecule has 0 saturated carbocycles. The van der Waals surface area contributed by atoms with Crippen LogP contribution in [0.2, 0.25) is 0 Å². The van der Waals surface area contributed by atoms with Gasteiger partial charge in [-0.2, -0.15) is 0 Å². The van der Waals surface area contributed by atoms with E-state index >= 15 is 0 Å². The van der Waals surface area contributed by atoms with E-state index in [0.717, 1.165) is 17.7 Å². The maximum Gasteiger partial charge on any atom is 0.198 e. The summed E-state index contributed by atoms with van der Waals surface area (Å²) in [5.74, 6) is 0.525. The van der Waals surface area contributed by atoms with E-state index in [1.54, 1.807) is 0 Å². The van der Waals surface area contributed by atoms with Gasteiger partial charge in [-0.3, -0.25) is 9.59 Å². The fourth-order valence-electron chi connectivity index (χ4n) is 2.89. The van der Waals surface area contributed by atoms with Crippen LogP contribution in [0.3, 0.4) is 0 Å². The smallest absolute Gasteiger partial charge is 0.198 e. The molecule has 5 nitrogen and oxygen atoms in total. The minimum atomic E-state index is -0.525. The van der Waals surface area contributed by atoms with E-state index in [-0.39, 0.29) is 28.9 Å². The van der Waals surface area contributed by atoms with Gasteiger partial charge in [0.1, 0.15) is 24.6 Å². The molecule has 1 aromatic heterocycles. The molecule has 0 amide bonds. The fraction of sp³-hybridized carbons (Fsp3) is 0.200. The van der Waals surface area contributed by atoms with Crippen LogP contribution in [0.5, 0.6) is 11.5 Å².